The van der Waals surface area contributed by atoms with Crippen molar-refractivity contribution in [2.45, 2.75) is 31.6 Å². The summed E-state index contributed by atoms with van der Waals surface area (Å²) in [5.74, 6) is 0.656. The van der Waals surface area contributed by atoms with Crippen LogP contribution in [-0.2, 0) is 27.0 Å². The molecular weight excluding hydrogens is 712 g/mol. The van der Waals surface area contributed by atoms with Gasteiger partial charge in [-0.15, -0.1) is 11.3 Å². The number of halogens is 3. The number of pyridine rings is 1. The first-order valence-corrected chi connectivity index (χ1v) is 17.6. The monoisotopic (exact) mass is 745 g/mol. The number of imide groups is 1. The molecule has 0 spiro atoms. The Morgan fingerprint density at radius 2 is 1.72 bits per heavy atom. The van der Waals surface area contributed by atoms with Gasteiger partial charge in [-0.05, 0) is 60.5 Å². The summed E-state index contributed by atoms with van der Waals surface area (Å²) in [5, 5.41) is 2.55. The number of alkyl halides is 3. The zero-order chi connectivity index (χ0) is 37.3. The number of fused-ring (bicyclic) bond motifs is 2. The fourth-order valence-corrected chi connectivity index (χ4v) is 7.33. The molecule has 0 aliphatic carbocycles. The minimum Gasteiger partial charge on any atom is -0.491 e. The molecule has 0 radical (unpaired) electrons. The van der Waals surface area contributed by atoms with Crippen LogP contribution < -0.4 is 19.7 Å². The number of hydrogen-bond donors (Lipinski definition) is 1. The Balaban J connectivity index is 0.924. The minimum absolute atomic E-state index is 0.00268. The molecule has 0 bridgehead atoms. The van der Waals surface area contributed by atoms with Gasteiger partial charge in [0.1, 0.15) is 41.6 Å². The fraction of sp³-hybridized carbons (Fsp3) is 0.289. The largest absolute Gasteiger partial charge is 0.491 e. The Labute approximate surface area is 306 Å². The SMILES string of the molecule is CN(C)c1ccc(-c2ccc(-c3nc4ccc(OCCOCCOc5cccc6c5CN(C5CCC(=O)NC5=O)C6=O)cc4s3)c(C(F)(F)F)c2)cn1. The van der Waals surface area contributed by atoms with Gasteiger partial charge in [0.15, 0.2) is 0 Å². The Hall–Kier alpha value is -5.54. The molecule has 7 rings (SSSR count). The Morgan fingerprint density at radius 3 is 2.45 bits per heavy atom. The van der Waals surface area contributed by atoms with Crippen LogP contribution >= 0.6 is 11.3 Å². The van der Waals surface area contributed by atoms with Crippen LogP contribution in [0.1, 0.15) is 34.3 Å². The number of amides is 3. The molecule has 53 heavy (non-hydrogen) atoms. The third-order valence-corrected chi connectivity index (χ3v) is 10.0. The van der Waals surface area contributed by atoms with Crippen molar-refractivity contribution in [3.63, 3.8) is 0 Å². The highest BCUT2D eigenvalue weighted by atomic mass is 32.1. The maximum atomic E-state index is 14.3. The third kappa shape index (κ3) is 7.66. The zero-order valence-corrected chi connectivity index (χ0v) is 29.6. The van der Waals surface area contributed by atoms with Crippen LogP contribution in [0.2, 0.25) is 0 Å². The highest BCUT2D eigenvalue weighted by Crippen LogP contribution is 2.42. The van der Waals surface area contributed by atoms with E-state index in [1.807, 2.05) is 19.0 Å². The van der Waals surface area contributed by atoms with Gasteiger partial charge in [0.05, 0.1) is 35.5 Å². The fourth-order valence-electron chi connectivity index (χ4n) is 6.30. The lowest BCUT2D eigenvalue weighted by molar-refractivity contribution is -0.138. The molecule has 2 aliphatic rings. The van der Waals surface area contributed by atoms with E-state index in [0.29, 0.717) is 49.8 Å². The van der Waals surface area contributed by atoms with E-state index >= 15 is 0 Å². The summed E-state index contributed by atoms with van der Waals surface area (Å²) in [6, 6.07) is 17.4. The van der Waals surface area contributed by atoms with Gasteiger partial charge in [0.2, 0.25) is 11.8 Å². The number of rotatable bonds is 12. The van der Waals surface area contributed by atoms with E-state index in [1.54, 1.807) is 60.8 Å². The Bertz CT molecular complexity index is 2190. The van der Waals surface area contributed by atoms with Gasteiger partial charge in [0, 0.05) is 49.0 Å². The number of aromatic nitrogens is 2. The molecule has 274 valence electrons. The molecule has 15 heteroatoms. The predicted octanol–water partition coefficient (Wildman–Crippen LogP) is 6.35. The number of benzene rings is 3. The molecule has 0 saturated carbocycles. The average Bonchev–Trinajstić information content (AvgIpc) is 3.71. The third-order valence-electron chi connectivity index (χ3n) is 8.98. The molecule has 1 fully saturated rings. The molecule has 1 atom stereocenters. The van der Waals surface area contributed by atoms with E-state index in [2.05, 4.69) is 15.3 Å². The molecule has 5 aromatic rings. The number of anilines is 1. The molecule has 1 saturated heterocycles. The van der Waals surface area contributed by atoms with Crippen LogP contribution in [-0.4, -0.2) is 79.2 Å². The van der Waals surface area contributed by atoms with Crippen molar-refractivity contribution in [3.05, 3.63) is 89.6 Å². The average molecular weight is 746 g/mol. The molecule has 3 amide bonds. The van der Waals surface area contributed by atoms with Crippen LogP contribution in [0, 0.1) is 0 Å². The predicted molar refractivity (Wildman–Crippen MR) is 192 cm³/mol. The summed E-state index contributed by atoms with van der Waals surface area (Å²) in [4.78, 5) is 49.1. The molecular formula is C38H34F3N5O6S. The highest BCUT2D eigenvalue weighted by molar-refractivity contribution is 7.21. The zero-order valence-electron chi connectivity index (χ0n) is 28.7. The maximum absolute atomic E-state index is 14.3. The number of nitrogens with zero attached hydrogens (tertiary/aromatic N) is 4. The molecule has 3 aromatic carbocycles. The minimum atomic E-state index is -4.60. The Kier molecular flexibility index (Phi) is 10.0. The van der Waals surface area contributed by atoms with Gasteiger partial charge in [-0.25, -0.2) is 9.97 Å². The number of ether oxygens (including phenoxy) is 3. The van der Waals surface area contributed by atoms with Gasteiger partial charge in [-0.2, -0.15) is 13.2 Å². The second kappa shape index (κ2) is 14.8. The molecule has 1 unspecified atom stereocenters. The standard InChI is InChI=1S/C38H34F3N5O6S/c1-45(2)33-12-7-23(20-42-33)22-6-9-26(28(18-22)38(39,40)41)36-43-29-10-8-24(19-32(29)53-36)51-16-14-50-15-17-52-31-5-3-4-25-27(31)21-46(37(25)49)30-11-13-34(47)44-35(30)48/h3-10,12,18-20,30H,11,13-17,21H2,1-2H3,(H,44,47,48). The van der Waals surface area contributed by atoms with Gasteiger partial charge in [-0.3, -0.25) is 19.7 Å². The first-order valence-electron chi connectivity index (χ1n) is 16.8. The molecule has 2 aromatic heterocycles. The lowest BCUT2D eigenvalue weighted by Gasteiger charge is -2.29. The van der Waals surface area contributed by atoms with Gasteiger partial charge in [-0.1, -0.05) is 18.2 Å². The number of carbonyl (C=O) groups is 3. The number of piperidine rings is 1. The second-order valence-corrected chi connectivity index (χ2v) is 13.7. The number of nitrogens with one attached hydrogen (secondary N) is 1. The van der Waals surface area contributed by atoms with Crippen LogP contribution in [0.4, 0.5) is 19.0 Å². The molecule has 11 nitrogen and oxygen atoms in total. The quantitative estimate of drug-likeness (QED) is 0.115. The number of thiazole rings is 1. The van der Waals surface area contributed by atoms with Crippen molar-refractivity contribution in [2.75, 3.05) is 45.4 Å². The molecule has 1 N–H and O–H groups in total. The van der Waals surface area contributed by atoms with E-state index in [4.69, 9.17) is 14.2 Å². The molecule has 4 heterocycles. The number of hydrogen-bond acceptors (Lipinski definition) is 10. The summed E-state index contributed by atoms with van der Waals surface area (Å²) >= 11 is 1.15. The van der Waals surface area contributed by atoms with Gasteiger partial charge < -0.3 is 24.0 Å². The van der Waals surface area contributed by atoms with Crippen molar-refractivity contribution in [2.24, 2.45) is 0 Å². The summed E-state index contributed by atoms with van der Waals surface area (Å²) in [6.07, 6.45) is -2.59. The van der Waals surface area contributed by atoms with Crippen molar-refractivity contribution < 1.29 is 41.8 Å². The van der Waals surface area contributed by atoms with Crippen molar-refractivity contribution in [1.29, 1.82) is 0 Å². The number of carbonyl (C=O) groups excluding carboxylic acids is 3. The van der Waals surface area contributed by atoms with Crippen LogP contribution in [0.25, 0.3) is 31.9 Å². The summed E-state index contributed by atoms with van der Waals surface area (Å²) in [5.41, 5.74) is 1.91. The Morgan fingerprint density at radius 1 is 0.925 bits per heavy atom. The van der Waals surface area contributed by atoms with E-state index in [9.17, 15) is 27.6 Å². The summed E-state index contributed by atoms with van der Waals surface area (Å²) in [6.45, 7) is 1.12. The summed E-state index contributed by atoms with van der Waals surface area (Å²) in [7, 11) is 3.68. The van der Waals surface area contributed by atoms with Crippen LogP contribution in [0.5, 0.6) is 11.5 Å². The molecule has 2 aliphatic heterocycles. The first-order chi connectivity index (χ1) is 25.5. The first kappa shape index (κ1) is 35.8. The highest BCUT2D eigenvalue weighted by Gasteiger charge is 2.40. The van der Waals surface area contributed by atoms with Gasteiger partial charge >= 0.3 is 6.18 Å². The van der Waals surface area contributed by atoms with E-state index < -0.39 is 23.7 Å². The van der Waals surface area contributed by atoms with Crippen LogP contribution in [0.15, 0.2) is 72.9 Å². The van der Waals surface area contributed by atoms with Crippen LogP contribution in [0.3, 0.4) is 0 Å². The van der Waals surface area contributed by atoms with E-state index in [1.165, 1.54) is 11.0 Å². The maximum Gasteiger partial charge on any atom is 0.417 e. The second-order valence-electron chi connectivity index (χ2n) is 12.7. The van der Waals surface area contributed by atoms with Crippen molar-refractivity contribution in [3.8, 4) is 33.2 Å². The van der Waals surface area contributed by atoms with Gasteiger partial charge in [0.25, 0.3) is 5.91 Å². The lowest BCUT2D eigenvalue weighted by atomic mass is 10.00. The van der Waals surface area contributed by atoms with Crippen molar-refractivity contribution >= 4 is 45.1 Å². The normalized spacial score (nSPS) is 15.8. The smallest absolute Gasteiger partial charge is 0.417 e. The summed E-state index contributed by atoms with van der Waals surface area (Å²) < 4.78 is 61.0. The van der Waals surface area contributed by atoms with Crippen molar-refractivity contribution in [1.82, 2.24) is 20.2 Å². The van der Waals surface area contributed by atoms with E-state index in [-0.39, 0.29) is 68.2 Å². The lowest BCUT2D eigenvalue weighted by Crippen LogP contribution is -2.52. The topological polar surface area (TPSA) is 123 Å². The van der Waals surface area contributed by atoms with E-state index in [0.717, 1.165) is 17.4 Å².